The Labute approximate surface area is 144 Å². The molecule has 134 valence electrons. The molecular formula is C18H19F3N2O2. The van der Waals surface area contributed by atoms with Gasteiger partial charge in [0.1, 0.15) is 5.75 Å². The van der Waals surface area contributed by atoms with Crippen LogP contribution in [-0.4, -0.2) is 24.2 Å². The van der Waals surface area contributed by atoms with Gasteiger partial charge >= 0.3 is 6.36 Å². The van der Waals surface area contributed by atoms with Crippen LogP contribution in [0.2, 0.25) is 0 Å². The van der Waals surface area contributed by atoms with Gasteiger partial charge in [0.2, 0.25) is 5.91 Å². The maximum absolute atomic E-state index is 12.5. The van der Waals surface area contributed by atoms with Gasteiger partial charge in [0.15, 0.2) is 0 Å². The summed E-state index contributed by atoms with van der Waals surface area (Å²) in [6.07, 6.45) is -4.73. The van der Waals surface area contributed by atoms with Crippen molar-refractivity contribution in [1.29, 1.82) is 0 Å². The second-order valence-corrected chi connectivity index (χ2v) is 5.63. The van der Waals surface area contributed by atoms with Gasteiger partial charge in [-0.2, -0.15) is 0 Å². The van der Waals surface area contributed by atoms with E-state index in [0.29, 0.717) is 0 Å². The molecule has 0 saturated heterocycles. The minimum absolute atomic E-state index is 0.00734. The van der Waals surface area contributed by atoms with Crippen LogP contribution in [0, 0.1) is 0 Å². The van der Waals surface area contributed by atoms with E-state index in [1.54, 1.807) is 6.07 Å². The molecule has 0 saturated carbocycles. The topological polar surface area (TPSA) is 55.6 Å². The number of hydrogen-bond donors (Lipinski definition) is 1. The predicted molar refractivity (Wildman–Crippen MR) is 87.6 cm³/mol. The summed E-state index contributed by atoms with van der Waals surface area (Å²) in [6.45, 7) is -0.00734. The molecule has 2 N–H and O–H groups in total. The first-order chi connectivity index (χ1) is 11.8. The van der Waals surface area contributed by atoms with Gasteiger partial charge in [-0.15, -0.1) is 13.2 Å². The molecule has 0 aliphatic rings. The van der Waals surface area contributed by atoms with Crippen LogP contribution < -0.4 is 10.5 Å². The van der Waals surface area contributed by atoms with Crippen LogP contribution >= 0.6 is 0 Å². The number of nitrogens with zero attached hydrogens (tertiary/aromatic N) is 1. The fourth-order valence-electron chi connectivity index (χ4n) is 2.36. The Morgan fingerprint density at radius 3 is 2.36 bits per heavy atom. The second-order valence-electron chi connectivity index (χ2n) is 5.63. The minimum Gasteiger partial charge on any atom is -0.405 e. The molecule has 2 rings (SSSR count). The monoisotopic (exact) mass is 352 g/mol. The zero-order valence-electron chi connectivity index (χ0n) is 13.7. The molecule has 7 heteroatoms. The van der Waals surface area contributed by atoms with Crippen molar-refractivity contribution in [3.8, 4) is 5.75 Å². The normalized spacial score (nSPS) is 12.5. The highest BCUT2D eigenvalue weighted by Gasteiger charge is 2.32. The lowest BCUT2D eigenvalue weighted by molar-refractivity contribution is -0.275. The van der Waals surface area contributed by atoms with E-state index in [1.165, 1.54) is 30.1 Å². The minimum atomic E-state index is -4.78. The van der Waals surface area contributed by atoms with Crippen LogP contribution in [0.3, 0.4) is 0 Å². The van der Waals surface area contributed by atoms with E-state index in [-0.39, 0.29) is 30.2 Å². The molecule has 1 amide bonds. The van der Waals surface area contributed by atoms with Crippen LogP contribution in [0.4, 0.5) is 13.2 Å². The Morgan fingerprint density at radius 2 is 1.72 bits per heavy atom. The summed E-state index contributed by atoms with van der Waals surface area (Å²) in [6, 6.07) is 14.4. The lowest BCUT2D eigenvalue weighted by Gasteiger charge is -2.21. The Hall–Kier alpha value is -2.54. The van der Waals surface area contributed by atoms with E-state index in [0.717, 1.165) is 5.56 Å². The van der Waals surface area contributed by atoms with E-state index < -0.39 is 12.4 Å². The molecule has 0 aliphatic heterocycles. The number of alkyl halides is 3. The summed E-state index contributed by atoms with van der Waals surface area (Å²) in [7, 11) is 1.52. The van der Waals surface area contributed by atoms with Crippen molar-refractivity contribution in [3.63, 3.8) is 0 Å². The summed E-state index contributed by atoms with van der Waals surface area (Å²) in [5.74, 6) is -0.583. The maximum atomic E-state index is 12.5. The highest BCUT2D eigenvalue weighted by Crippen LogP contribution is 2.27. The predicted octanol–water partition coefficient (Wildman–Crippen LogP) is 3.63. The van der Waals surface area contributed by atoms with E-state index in [2.05, 4.69) is 4.74 Å². The lowest BCUT2D eigenvalue weighted by atomic mass is 10.0. The van der Waals surface area contributed by atoms with Gasteiger partial charge in [-0.05, 0) is 11.6 Å². The average molecular weight is 352 g/mol. The quantitative estimate of drug-likeness (QED) is 0.864. The van der Waals surface area contributed by atoms with Gasteiger partial charge in [-0.25, -0.2) is 0 Å². The van der Waals surface area contributed by atoms with Crippen LogP contribution in [0.25, 0.3) is 0 Å². The van der Waals surface area contributed by atoms with Gasteiger partial charge in [-0.3, -0.25) is 4.79 Å². The van der Waals surface area contributed by atoms with Crippen molar-refractivity contribution in [2.45, 2.75) is 25.4 Å². The van der Waals surface area contributed by atoms with Gasteiger partial charge in [0.25, 0.3) is 0 Å². The number of para-hydroxylation sites is 1. The average Bonchev–Trinajstić information content (AvgIpc) is 2.56. The largest absolute Gasteiger partial charge is 0.573 e. The Balaban J connectivity index is 2.02. The molecule has 2 aromatic rings. The Kier molecular flexibility index (Phi) is 6.03. The molecule has 0 radical (unpaired) electrons. The summed E-state index contributed by atoms with van der Waals surface area (Å²) in [5, 5.41) is 0. The molecule has 0 fully saturated rings. The first kappa shape index (κ1) is 18.8. The molecule has 0 bridgehead atoms. The number of nitrogens with two attached hydrogens (primary N) is 1. The van der Waals surface area contributed by atoms with Crippen LogP contribution in [-0.2, 0) is 11.3 Å². The number of carbonyl (C=O) groups excluding carboxylic acids is 1. The zero-order chi connectivity index (χ0) is 18.4. The highest BCUT2D eigenvalue weighted by molar-refractivity contribution is 5.76. The number of hydrogen-bond acceptors (Lipinski definition) is 3. The maximum Gasteiger partial charge on any atom is 0.573 e. The van der Waals surface area contributed by atoms with Crippen molar-refractivity contribution in [1.82, 2.24) is 4.90 Å². The summed E-state index contributed by atoms with van der Waals surface area (Å²) in [4.78, 5) is 13.6. The third-order valence-electron chi connectivity index (χ3n) is 3.65. The second kappa shape index (κ2) is 8.02. The van der Waals surface area contributed by atoms with Crippen LogP contribution in [0.15, 0.2) is 54.6 Å². The van der Waals surface area contributed by atoms with E-state index in [9.17, 15) is 18.0 Å². The summed E-state index contributed by atoms with van der Waals surface area (Å²) < 4.78 is 41.4. The molecule has 1 unspecified atom stereocenters. The first-order valence-corrected chi connectivity index (χ1v) is 7.64. The molecule has 1 atom stereocenters. The summed E-state index contributed by atoms with van der Waals surface area (Å²) >= 11 is 0. The summed E-state index contributed by atoms with van der Waals surface area (Å²) in [5.41, 5.74) is 7.11. The molecule has 0 aromatic heterocycles. The van der Waals surface area contributed by atoms with Crippen molar-refractivity contribution < 1.29 is 22.7 Å². The molecule has 0 aliphatic carbocycles. The van der Waals surface area contributed by atoms with E-state index in [4.69, 9.17) is 5.73 Å². The molecule has 0 spiro atoms. The highest BCUT2D eigenvalue weighted by atomic mass is 19.4. The molecule has 25 heavy (non-hydrogen) atoms. The number of amides is 1. The fourth-order valence-corrected chi connectivity index (χ4v) is 2.36. The number of benzene rings is 2. The Morgan fingerprint density at radius 1 is 1.12 bits per heavy atom. The van der Waals surface area contributed by atoms with Crippen molar-refractivity contribution in [2.75, 3.05) is 7.05 Å². The SMILES string of the molecule is CN(Cc1ccccc1OC(F)(F)F)C(=O)CC(N)c1ccccc1. The molecule has 2 aromatic carbocycles. The van der Waals surface area contributed by atoms with E-state index >= 15 is 0 Å². The van der Waals surface area contributed by atoms with Gasteiger partial charge < -0.3 is 15.4 Å². The van der Waals surface area contributed by atoms with Gasteiger partial charge in [0.05, 0.1) is 0 Å². The first-order valence-electron chi connectivity index (χ1n) is 7.64. The molecule has 0 heterocycles. The van der Waals surface area contributed by atoms with Crippen LogP contribution in [0.5, 0.6) is 5.75 Å². The van der Waals surface area contributed by atoms with Crippen molar-refractivity contribution in [2.24, 2.45) is 5.73 Å². The van der Waals surface area contributed by atoms with Crippen molar-refractivity contribution >= 4 is 5.91 Å². The molecule has 4 nitrogen and oxygen atoms in total. The standard InChI is InChI=1S/C18H19F3N2O2/c1-23(17(24)11-15(22)13-7-3-2-4-8-13)12-14-9-5-6-10-16(14)25-18(19,20)21/h2-10,15H,11-12,22H2,1H3. The van der Waals surface area contributed by atoms with Crippen molar-refractivity contribution in [3.05, 3.63) is 65.7 Å². The van der Waals surface area contributed by atoms with E-state index in [1.807, 2.05) is 30.3 Å². The zero-order valence-corrected chi connectivity index (χ0v) is 13.7. The Bertz CT molecular complexity index is 705. The number of rotatable bonds is 6. The fraction of sp³-hybridized carbons (Fsp3) is 0.278. The number of carbonyl (C=O) groups is 1. The molecular weight excluding hydrogens is 333 g/mol. The lowest BCUT2D eigenvalue weighted by Crippen LogP contribution is -2.30. The third kappa shape index (κ3) is 5.79. The smallest absolute Gasteiger partial charge is 0.405 e. The number of ether oxygens (including phenoxy) is 1. The van der Waals surface area contributed by atoms with Crippen LogP contribution in [0.1, 0.15) is 23.6 Å². The third-order valence-corrected chi connectivity index (χ3v) is 3.65. The van der Waals surface area contributed by atoms with Gasteiger partial charge in [0, 0.05) is 31.6 Å². The van der Waals surface area contributed by atoms with Gasteiger partial charge in [-0.1, -0.05) is 48.5 Å². The number of halogens is 3.